The summed E-state index contributed by atoms with van der Waals surface area (Å²) in [6.45, 7) is 6.23. The molecule has 47 heavy (non-hydrogen) atoms. The molecule has 0 amide bonds. The zero-order valence-corrected chi connectivity index (χ0v) is 27.8. The topological polar surface area (TPSA) is 132 Å². The number of H-pyrrole nitrogens is 1. The number of benzene rings is 1. The molecule has 4 aromatic rings. The van der Waals surface area contributed by atoms with Gasteiger partial charge in [0, 0.05) is 60.8 Å². The maximum atomic E-state index is 16.5. The zero-order chi connectivity index (χ0) is 32.8. The van der Waals surface area contributed by atoms with Crippen molar-refractivity contribution in [1.82, 2.24) is 30.5 Å². The van der Waals surface area contributed by atoms with E-state index < -0.39 is 11.6 Å². The fourth-order valence-electron chi connectivity index (χ4n) is 8.15. The van der Waals surface area contributed by atoms with E-state index in [2.05, 4.69) is 37.3 Å². The van der Waals surface area contributed by atoms with Gasteiger partial charge < -0.3 is 25.2 Å². The number of hydrogen-bond acceptors (Lipinski definition) is 10. The lowest BCUT2D eigenvalue weighted by atomic mass is 9.62. The van der Waals surface area contributed by atoms with Crippen molar-refractivity contribution in [2.24, 2.45) is 16.2 Å². The number of nitrogens with zero attached hydrogens (tertiary/aromatic N) is 5. The number of aliphatic hydroxyl groups excluding tert-OH is 2. The highest BCUT2D eigenvalue weighted by molar-refractivity contribution is 8.06. The Morgan fingerprint density at radius 3 is 2.66 bits per heavy atom. The van der Waals surface area contributed by atoms with E-state index in [0.29, 0.717) is 34.3 Å². The average molecular weight is 668 g/mol. The molecule has 0 bridgehead atoms. The Kier molecular flexibility index (Phi) is 8.77. The first-order valence-electron chi connectivity index (χ1n) is 16.6. The van der Waals surface area contributed by atoms with E-state index in [1.165, 1.54) is 23.6 Å². The molecule has 1 aromatic carbocycles. The molecule has 3 saturated heterocycles. The minimum atomic E-state index is -0.645. The van der Waals surface area contributed by atoms with Crippen molar-refractivity contribution in [2.45, 2.75) is 58.0 Å². The second kappa shape index (κ2) is 12.7. The van der Waals surface area contributed by atoms with Crippen LogP contribution in [0.25, 0.3) is 33.1 Å². The fraction of sp³-hybridized carbons (Fsp3) is 0.588. The summed E-state index contributed by atoms with van der Waals surface area (Å²) in [6.07, 6.45) is 9.65. The first-order chi connectivity index (χ1) is 22.8. The molecule has 5 aliphatic rings. The third-order valence-electron chi connectivity index (χ3n) is 10.8. The predicted octanol–water partition coefficient (Wildman–Crippen LogP) is 5.09. The molecule has 13 heteroatoms. The second-order valence-electron chi connectivity index (χ2n) is 14.1. The van der Waals surface area contributed by atoms with Crippen molar-refractivity contribution in [3.63, 3.8) is 0 Å². The van der Waals surface area contributed by atoms with Crippen LogP contribution in [0.4, 0.5) is 14.6 Å². The summed E-state index contributed by atoms with van der Waals surface area (Å²) < 4.78 is 37.4. The lowest BCUT2D eigenvalue weighted by molar-refractivity contribution is -0.0396. The van der Waals surface area contributed by atoms with E-state index >= 15 is 4.39 Å². The van der Waals surface area contributed by atoms with Crippen LogP contribution >= 0.6 is 11.8 Å². The first kappa shape index (κ1) is 32.4. The number of aromatic nitrogens is 5. The molecule has 3 aliphatic heterocycles. The Morgan fingerprint density at radius 2 is 1.89 bits per heavy atom. The van der Waals surface area contributed by atoms with Crippen molar-refractivity contribution in [3.8, 4) is 17.3 Å². The van der Waals surface area contributed by atoms with Crippen molar-refractivity contribution in [2.75, 3.05) is 56.3 Å². The van der Waals surface area contributed by atoms with Crippen LogP contribution in [0.3, 0.4) is 0 Å². The average Bonchev–Trinajstić information content (AvgIpc) is 3.98. The number of aromatic amines is 1. The summed E-state index contributed by atoms with van der Waals surface area (Å²) in [5.41, 5.74) is 1.14. The Morgan fingerprint density at radius 1 is 1.09 bits per heavy atom. The SMILES string of the molecule is C1CS1.CC12CNCCCC1(COc1nc(N3CCCC4(CC(O)C4)C3)c3cnc(-c4cc(F)cc5[nH]ncc45)c(F)c3n1)C2.CO. The van der Waals surface area contributed by atoms with Gasteiger partial charge in [0.2, 0.25) is 0 Å². The molecule has 3 aromatic heterocycles. The Bertz CT molecular complexity index is 1760. The van der Waals surface area contributed by atoms with E-state index in [1.54, 1.807) is 12.4 Å². The van der Waals surface area contributed by atoms with E-state index in [-0.39, 0.29) is 39.6 Å². The number of anilines is 1. The van der Waals surface area contributed by atoms with E-state index in [4.69, 9.17) is 14.8 Å². The Labute approximate surface area is 277 Å². The summed E-state index contributed by atoms with van der Waals surface area (Å²) in [5, 5.41) is 28.5. The van der Waals surface area contributed by atoms with Crippen LogP contribution in [0, 0.1) is 27.9 Å². The molecule has 4 N–H and O–H groups in total. The van der Waals surface area contributed by atoms with Crippen LogP contribution in [0.15, 0.2) is 24.5 Å². The number of pyridine rings is 1. The third kappa shape index (κ3) is 6.15. The maximum absolute atomic E-state index is 16.5. The smallest absolute Gasteiger partial charge is 0.319 e. The molecular formula is C34H43F2N7O3S. The van der Waals surface area contributed by atoms with E-state index in [1.807, 2.05) is 11.8 Å². The molecule has 2 saturated carbocycles. The molecule has 0 radical (unpaired) electrons. The summed E-state index contributed by atoms with van der Waals surface area (Å²) in [7, 11) is 1.00. The zero-order valence-electron chi connectivity index (χ0n) is 27.0. The molecule has 6 heterocycles. The molecule has 1 spiro atoms. The number of fused-ring (bicyclic) bond motifs is 3. The van der Waals surface area contributed by atoms with Gasteiger partial charge in [-0.15, -0.1) is 0 Å². The van der Waals surface area contributed by atoms with Gasteiger partial charge in [-0.05, 0) is 74.5 Å². The molecule has 2 atom stereocenters. The van der Waals surface area contributed by atoms with Crippen LogP contribution in [0.1, 0.15) is 51.9 Å². The number of hydrogen-bond donors (Lipinski definition) is 4. The van der Waals surface area contributed by atoms with Gasteiger partial charge in [-0.1, -0.05) is 6.92 Å². The van der Waals surface area contributed by atoms with Gasteiger partial charge in [-0.25, -0.2) is 8.78 Å². The van der Waals surface area contributed by atoms with Gasteiger partial charge in [-0.2, -0.15) is 26.8 Å². The van der Waals surface area contributed by atoms with Crippen LogP contribution in [-0.4, -0.2) is 92.9 Å². The van der Waals surface area contributed by atoms with E-state index in [9.17, 15) is 9.50 Å². The Balaban J connectivity index is 0.000000655. The summed E-state index contributed by atoms with van der Waals surface area (Å²) >= 11 is 2.00. The van der Waals surface area contributed by atoms with Crippen LogP contribution in [0.5, 0.6) is 6.01 Å². The molecule has 252 valence electrons. The normalized spacial score (nSPS) is 29.1. The van der Waals surface area contributed by atoms with Crippen LogP contribution < -0.4 is 15.0 Å². The molecule has 2 unspecified atom stereocenters. The van der Waals surface area contributed by atoms with Crippen LogP contribution in [-0.2, 0) is 0 Å². The highest BCUT2D eigenvalue weighted by atomic mass is 32.2. The highest BCUT2D eigenvalue weighted by Crippen LogP contribution is 2.66. The van der Waals surface area contributed by atoms with Crippen molar-refractivity contribution in [3.05, 3.63) is 36.2 Å². The number of halogens is 2. The van der Waals surface area contributed by atoms with Gasteiger partial charge in [0.05, 0.1) is 29.8 Å². The largest absolute Gasteiger partial charge is 0.463 e. The minimum Gasteiger partial charge on any atom is -0.463 e. The minimum absolute atomic E-state index is 0.00411. The van der Waals surface area contributed by atoms with Crippen LogP contribution in [0.2, 0.25) is 0 Å². The maximum Gasteiger partial charge on any atom is 0.319 e. The van der Waals surface area contributed by atoms with Gasteiger partial charge >= 0.3 is 6.01 Å². The van der Waals surface area contributed by atoms with Crippen molar-refractivity contribution in [1.29, 1.82) is 0 Å². The monoisotopic (exact) mass is 667 g/mol. The summed E-state index contributed by atoms with van der Waals surface area (Å²) in [6, 6.07) is 2.75. The summed E-state index contributed by atoms with van der Waals surface area (Å²) in [4.78, 5) is 16.2. The van der Waals surface area contributed by atoms with Gasteiger partial charge in [0.15, 0.2) is 5.82 Å². The third-order valence-corrected chi connectivity index (χ3v) is 11.2. The number of piperidine rings is 1. The lowest BCUT2D eigenvalue weighted by Crippen LogP contribution is -2.52. The van der Waals surface area contributed by atoms with Gasteiger partial charge in [-0.3, -0.25) is 10.1 Å². The van der Waals surface area contributed by atoms with Crippen molar-refractivity contribution < 1.29 is 23.7 Å². The molecule has 5 fully saturated rings. The molecule has 2 aliphatic carbocycles. The first-order valence-corrected chi connectivity index (χ1v) is 17.7. The van der Waals surface area contributed by atoms with Gasteiger partial charge in [0.1, 0.15) is 22.8 Å². The lowest BCUT2D eigenvalue weighted by Gasteiger charge is -2.51. The number of rotatable bonds is 5. The fourth-order valence-corrected chi connectivity index (χ4v) is 8.15. The van der Waals surface area contributed by atoms with Crippen molar-refractivity contribution >= 4 is 39.4 Å². The van der Waals surface area contributed by atoms with E-state index in [0.717, 1.165) is 78.2 Å². The summed E-state index contributed by atoms with van der Waals surface area (Å²) in [5.74, 6) is 2.27. The molecular weight excluding hydrogens is 624 g/mol. The second-order valence-corrected chi connectivity index (χ2v) is 15.3. The number of aliphatic hydroxyl groups is 2. The highest BCUT2D eigenvalue weighted by Gasteiger charge is 2.64. The predicted molar refractivity (Wildman–Crippen MR) is 180 cm³/mol. The van der Waals surface area contributed by atoms with Gasteiger partial charge in [0.25, 0.3) is 0 Å². The number of ether oxygens (including phenoxy) is 1. The number of nitrogens with one attached hydrogen (secondary N) is 2. The standard InChI is InChI=1S/C31H35F2N7O2.C2H4S.CH4O/c1-29-14-31(29,5-2-6-34-15-29)17-42-28-37-26-22(27(38-28)40-7-3-4-30(16-40)10-19(41)11-30)12-35-25(24(26)33)20-8-18(32)9-23-21(20)13-36-39-23;1-2-3-1;1-2/h8-9,12-13,19,34,41H,2-7,10-11,14-17H2,1H3,(H,36,39);1-2H2;2H,1H3. The number of thioether (sulfide) groups is 1. The Hall–Kier alpha value is -3.13. The quantitative estimate of drug-likeness (QED) is 0.214. The molecule has 9 rings (SSSR count). The molecule has 10 nitrogen and oxygen atoms in total.